The van der Waals surface area contributed by atoms with Gasteiger partial charge in [-0.05, 0) is 32.8 Å². The SMILES string of the molecule is Cc1ccc(C(C)(C)CNC2CNC(C)(C)C2)cc1. The van der Waals surface area contributed by atoms with Gasteiger partial charge in [-0.1, -0.05) is 43.7 Å². The number of benzene rings is 1. The van der Waals surface area contributed by atoms with Crippen molar-refractivity contribution in [3.8, 4) is 0 Å². The maximum absolute atomic E-state index is 3.73. The minimum absolute atomic E-state index is 0.181. The number of rotatable bonds is 4. The highest BCUT2D eigenvalue weighted by Gasteiger charge is 2.31. The molecule has 19 heavy (non-hydrogen) atoms. The molecular weight excluding hydrogens is 232 g/mol. The Labute approximate surface area is 118 Å². The van der Waals surface area contributed by atoms with Gasteiger partial charge in [0.05, 0.1) is 0 Å². The summed E-state index contributed by atoms with van der Waals surface area (Å²) in [5.41, 5.74) is 3.21. The Kier molecular flexibility index (Phi) is 4.03. The van der Waals surface area contributed by atoms with E-state index >= 15 is 0 Å². The minimum atomic E-state index is 0.181. The average Bonchev–Trinajstić information content (AvgIpc) is 2.67. The van der Waals surface area contributed by atoms with E-state index in [1.54, 1.807) is 0 Å². The fourth-order valence-corrected chi connectivity index (χ4v) is 2.81. The van der Waals surface area contributed by atoms with Gasteiger partial charge in [0.15, 0.2) is 0 Å². The minimum Gasteiger partial charge on any atom is -0.312 e. The Morgan fingerprint density at radius 3 is 2.42 bits per heavy atom. The van der Waals surface area contributed by atoms with Crippen molar-refractivity contribution in [1.29, 1.82) is 0 Å². The number of nitrogens with one attached hydrogen (secondary N) is 2. The molecule has 2 N–H and O–H groups in total. The molecule has 1 aromatic rings. The first kappa shape index (κ1) is 14.5. The molecule has 1 heterocycles. The number of hydrogen-bond acceptors (Lipinski definition) is 2. The Morgan fingerprint density at radius 1 is 1.26 bits per heavy atom. The number of hydrogen-bond donors (Lipinski definition) is 2. The van der Waals surface area contributed by atoms with Gasteiger partial charge in [-0.3, -0.25) is 0 Å². The van der Waals surface area contributed by atoms with Crippen molar-refractivity contribution in [2.45, 2.75) is 58.0 Å². The zero-order chi connectivity index (χ0) is 14.1. The van der Waals surface area contributed by atoms with Crippen molar-refractivity contribution >= 4 is 0 Å². The van der Waals surface area contributed by atoms with E-state index in [2.05, 4.69) is 69.5 Å². The van der Waals surface area contributed by atoms with Gasteiger partial charge < -0.3 is 10.6 Å². The van der Waals surface area contributed by atoms with Crippen molar-refractivity contribution in [2.24, 2.45) is 0 Å². The molecule has 2 rings (SSSR count). The lowest BCUT2D eigenvalue weighted by molar-refractivity contribution is 0.407. The molecule has 0 saturated carbocycles. The summed E-state index contributed by atoms with van der Waals surface area (Å²) < 4.78 is 0. The molecule has 1 aliphatic rings. The molecule has 1 aromatic carbocycles. The van der Waals surface area contributed by atoms with Crippen molar-refractivity contribution in [3.63, 3.8) is 0 Å². The molecule has 0 aliphatic carbocycles. The summed E-state index contributed by atoms with van der Waals surface area (Å²) in [6.07, 6.45) is 1.21. The van der Waals surface area contributed by atoms with Crippen LogP contribution in [0, 0.1) is 6.92 Å². The van der Waals surface area contributed by atoms with Crippen LogP contribution in [0.3, 0.4) is 0 Å². The second-order valence-corrected chi connectivity index (χ2v) is 7.30. The smallest absolute Gasteiger partial charge is 0.0210 e. The second kappa shape index (κ2) is 5.26. The van der Waals surface area contributed by atoms with E-state index in [0.717, 1.165) is 13.1 Å². The molecule has 2 heteroatoms. The van der Waals surface area contributed by atoms with Gasteiger partial charge in [0, 0.05) is 30.1 Å². The van der Waals surface area contributed by atoms with Crippen LogP contribution >= 0.6 is 0 Å². The second-order valence-electron chi connectivity index (χ2n) is 7.30. The normalized spacial score (nSPS) is 22.7. The van der Waals surface area contributed by atoms with E-state index in [0.29, 0.717) is 6.04 Å². The highest BCUT2D eigenvalue weighted by molar-refractivity contribution is 5.27. The third kappa shape index (κ3) is 3.80. The first-order valence-electron chi connectivity index (χ1n) is 7.34. The standard InChI is InChI=1S/C17H28N2/c1-13-6-8-14(9-7-13)16(2,3)12-18-15-10-17(4,5)19-11-15/h6-9,15,18-19H,10-12H2,1-5H3. The van der Waals surface area contributed by atoms with E-state index in [4.69, 9.17) is 0 Å². The summed E-state index contributed by atoms with van der Waals surface area (Å²) in [5, 5.41) is 7.30. The zero-order valence-corrected chi connectivity index (χ0v) is 13.0. The predicted molar refractivity (Wildman–Crippen MR) is 82.7 cm³/mol. The maximum Gasteiger partial charge on any atom is 0.0210 e. The molecule has 1 aliphatic heterocycles. The van der Waals surface area contributed by atoms with E-state index < -0.39 is 0 Å². The summed E-state index contributed by atoms with van der Waals surface area (Å²) in [7, 11) is 0. The fourth-order valence-electron chi connectivity index (χ4n) is 2.81. The molecule has 2 nitrogen and oxygen atoms in total. The van der Waals surface area contributed by atoms with Gasteiger partial charge in [-0.15, -0.1) is 0 Å². The quantitative estimate of drug-likeness (QED) is 0.869. The first-order valence-corrected chi connectivity index (χ1v) is 7.34. The van der Waals surface area contributed by atoms with E-state index in [9.17, 15) is 0 Å². The van der Waals surface area contributed by atoms with Crippen LogP contribution in [0.25, 0.3) is 0 Å². The Morgan fingerprint density at radius 2 is 1.89 bits per heavy atom. The van der Waals surface area contributed by atoms with Gasteiger partial charge in [-0.25, -0.2) is 0 Å². The van der Waals surface area contributed by atoms with Gasteiger partial charge in [0.1, 0.15) is 0 Å². The highest BCUT2D eigenvalue weighted by Crippen LogP contribution is 2.24. The third-order valence-electron chi connectivity index (χ3n) is 4.25. The van der Waals surface area contributed by atoms with Crippen LogP contribution < -0.4 is 10.6 Å². The summed E-state index contributed by atoms with van der Waals surface area (Å²) in [4.78, 5) is 0. The van der Waals surface area contributed by atoms with Gasteiger partial charge in [-0.2, -0.15) is 0 Å². The van der Waals surface area contributed by atoms with E-state index in [1.807, 2.05) is 0 Å². The molecule has 0 radical (unpaired) electrons. The summed E-state index contributed by atoms with van der Waals surface area (Å²) >= 11 is 0. The molecule has 1 saturated heterocycles. The molecule has 0 aromatic heterocycles. The van der Waals surface area contributed by atoms with Crippen LogP contribution in [0.1, 0.15) is 45.2 Å². The molecule has 0 spiro atoms. The fraction of sp³-hybridized carbons (Fsp3) is 0.647. The van der Waals surface area contributed by atoms with Crippen LogP contribution in [0.4, 0.5) is 0 Å². The Hall–Kier alpha value is -0.860. The molecular formula is C17H28N2. The highest BCUT2D eigenvalue weighted by atomic mass is 15.1. The summed E-state index contributed by atoms with van der Waals surface area (Å²) in [5.74, 6) is 0. The monoisotopic (exact) mass is 260 g/mol. The van der Waals surface area contributed by atoms with Crippen LogP contribution in [-0.2, 0) is 5.41 Å². The van der Waals surface area contributed by atoms with Gasteiger partial charge in [0.2, 0.25) is 0 Å². The molecule has 106 valence electrons. The molecule has 1 atom stereocenters. The zero-order valence-electron chi connectivity index (χ0n) is 13.0. The van der Waals surface area contributed by atoms with E-state index in [-0.39, 0.29) is 11.0 Å². The molecule has 0 amide bonds. The topological polar surface area (TPSA) is 24.1 Å². The van der Waals surface area contributed by atoms with Crippen LogP contribution in [0.15, 0.2) is 24.3 Å². The lowest BCUT2D eigenvalue weighted by Gasteiger charge is -2.28. The molecule has 1 fully saturated rings. The average molecular weight is 260 g/mol. The van der Waals surface area contributed by atoms with Crippen LogP contribution in [-0.4, -0.2) is 24.7 Å². The lowest BCUT2D eigenvalue weighted by atomic mass is 9.84. The predicted octanol–water partition coefficient (Wildman–Crippen LogP) is 3.00. The summed E-state index contributed by atoms with van der Waals surface area (Å²) in [6.45, 7) is 13.4. The Balaban J connectivity index is 1.93. The van der Waals surface area contributed by atoms with Crippen LogP contribution in [0.2, 0.25) is 0 Å². The largest absolute Gasteiger partial charge is 0.312 e. The lowest BCUT2D eigenvalue weighted by Crippen LogP contribution is -2.40. The van der Waals surface area contributed by atoms with Crippen molar-refractivity contribution in [1.82, 2.24) is 10.6 Å². The Bertz CT molecular complexity index is 417. The van der Waals surface area contributed by atoms with Crippen molar-refractivity contribution < 1.29 is 0 Å². The molecule has 1 unspecified atom stereocenters. The van der Waals surface area contributed by atoms with Gasteiger partial charge >= 0.3 is 0 Å². The van der Waals surface area contributed by atoms with Crippen LogP contribution in [0.5, 0.6) is 0 Å². The first-order chi connectivity index (χ1) is 8.78. The summed E-state index contributed by atoms with van der Waals surface area (Å²) in [6, 6.07) is 9.52. The van der Waals surface area contributed by atoms with Gasteiger partial charge in [0.25, 0.3) is 0 Å². The third-order valence-corrected chi connectivity index (χ3v) is 4.25. The van der Waals surface area contributed by atoms with Crippen molar-refractivity contribution in [3.05, 3.63) is 35.4 Å². The number of aryl methyl sites for hydroxylation is 1. The van der Waals surface area contributed by atoms with Crippen molar-refractivity contribution in [2.75, 3.05) is 13.1 Å². The molecule has 0 bridgehead atoms. The maximum atomic E-state index is 3.73. The van der Waals surface area contributed by atoms with E-state index in [1.165, 1.54) is 17.5 Å².